The van der Waals surface area contributed by atoms with Crippen molar-refractivity contribution in [2.75, 3.05) is 0 Å². The highest BCUT2D eigenvalue weighted by atomic mass is 19.4. The van der Waals surface area contributed by atoms with Crippen LogP contribution >= 0.6 is 0 Å². The molecule has 0 unspecified atom stereocenters. The molecule has 2 aromatic carbocycles. The van der Waals surface area contributed by atoms with E-state index in [4.69, 9.17) is 10.2 Å². The summed E-state index contributed by atoms with van der Waals surface area (Å²) in [5.41, 5.74) is -8.08. The van der Waals surface area contributed by atoms with Gasteiger partial charge in [0.25, 0.3) is 0 Å². The molecule has 14 heteroatoms. The summed E-state index contributed by atoms with van der Waals surface area (Å²) < 4.78 is 130. The minimum atomic E-state index is -6.17. The van der Waals surface area contributed by atoms with E-state index >= 15 is 0 Å². The van der Waals surface area contributed by atoms with Crippen LogP contribution in [-0.2, 0) is 11.8 Å². The molecule has 0 fully saturated rings. The second-order valence-electron chi connectivity index (χ2n) is 6.28. The molecule has 0 atom stereocenters. The second kappa shape index (κ2) is 7.67. The first-order valence-corrected chi connectivity index (χ1v) is 7.97. The quantitative estimate of drug-likeness (QED) is 0.513. The van der Waals surface area contributed by atoms with Gasteiger partial charge >= 0.3 is 36.1 Å². The summed E-state index contributed by atoms with van der Waals surface area (Å²) >= 11 is 0. The molecular weight excluding hydrogens is 470 g/mol. The lowest BCUT2D eigenvalue weighted by Gasteiger charge is -2.23. The number of carbonyl (C=O) groups is 2. The number of carboxylic acids is 2. The Morgan fingerprint density at radius 1 is 0.562 bits per heavy atom. The van der Waals surface area contributed by atoms with Gasteiger partial charge < -0.3 is 10.2 Å². The van der Waals surface area contributed by atoms with Gasteiger partial charge in [-0.1, -0.05) is 24.3 Å². The third-order valence-electron chi connectivity index (χ3n) is 4.22. The molecule has 0 radical (unpaired) electrons. The summed E-state index contributed by atoms with van der Waals surface area (Å²) in [7, 11) is 0. The summed E-state index contributed by atoms with van der Waals surface area (Å²) in [5, 5.41) is 18.1. The van der Waals surface area contributed by atoms with Crippen LogP contribution in [0, 0.1) is 0 Å². The Bertz CT molecular complexity index is 985. The van der Waals surface area contributed by atoms with Crippen molar-refractivity contribution < 1.29 is 63.7 Å². The van der Waals surface area contributed by atoms with E-state index in [2.05, 4.69) is 0 Å². The van der Waals surface area contributed by atoms with Gasteiger partial charge in [-0.05, 0) is 23.3 Å². The number of hydrogen-bond acceptors (Lipinski definition) is 2. The third kappa shape index (κ3) is 4.21. The normalized spacial score (nSPS) is 13.2. The maximum absolute atomic E-state index is 13.6. The lowest BCUT2D eigenvalue weighted by Crippen LogP contribution is -2.35. The van der Waals surface area contributed by atoms with Crippen LogP contribution in [0.4, 0.5) is 43.9 Å². The van der Waals surface area contributed by atoms with E-state index in [1.807, 2.05) is 0 Å². The molecular formula is C18H8F10O4. The van der Waals surface area contributed by atoms with Crippen molar-refractivity contribution >= 4 is 11.9 Å². The maximum atomic E-state index is 13.6. The fourth-order valence-corrected chi connectivity index (χ4v) is 2.65. The molecule has 0 aliphatic carbocycles. The molecule has 4 nitrogen and oxygen atoms in total. The molecule has 0 heterocycles. The van der Waals surface area contributed by atoms with Crippen LogP contribution in [0.15, 0.2) is 36.4 Å². The van der Waals surface area contributed by atoms with Crippen LogP contribution in [0.3, 0.4) is 0 Å². The van der Waals surface area contributed by atoms with Gasteiger partial charge in [-0.3, -0.25) is 0 Å². The molecule has 0 spiro atoms. The molecule has 0 aliphatic rings. The summed E-state index contributed by atoms with van der Waals surface area (Å²) in [6, 6.07) is 1.71. The van der Waals surface area contributed by atoms with Crippen LogP contribution in [-0.4, -0.2) is 34.5 Å². The summed E-state index contributed by atoms with van der Waals surface area (Å²) in [5.74, 6) is -15.7. The summed E-state index contributed by atoms with van der Waals surface area (Å²) in [6.07, 6.45) is -12.3. The molecule has 0 amide bonds. The Morgan fingerprint density at radius 2 is 0.844 bits per heavy atom. The number of aromatic carboxylic acids is 2. The standard InChI is InChI=1S/C18H8F10O4/c19-15(20,17(23,24)25)11-3-1-7(5-9(11)13(29)30)8-2-4-12(10(6-8)14(31)32)16(21,22)18(26,27)28/h1-6H,(H,29,30)(H,31,32). The Morgan fingerprint density at radius 3 is 1.06 bits per heavy atom. The highest BCUT2D eigenvalue weighted by Gasteiger charge is 2.61. The minimum Gasteiger partial charge on any atom is -0.478 e. The number of rotatable bonds is 5. The molecule has 0 bridgehead atoms. The Kier molecular flexibility index (Phi) is 5.98. The summed E-state index contributed by atoms with van der Waals surface area (Å²) in [6.45, 7) is 0. The monoisotopic (exact) mass is 478 g/mol. The van der Waals surface area contributed by atoms with Crippen molar-refractivity contribution in [1.82, 2.24) is 0 Å². The minimum absolute atomic E-state index is 0.0744. The Labute approximate surface area is 170 Å². The molecule has 174 valence electrons. The van der Waals surface area contributed by atoms with Gasteiger partial charge in [-0.25, -0.2) is 9.59 Å². The first kappa shape index (κ1) is 24.9. The zero-order valence-corrected chi connectivity index (χ0v) is 15.0. The SMILES string of the molecule is O=C(O)c1cc(-c2ccc(C(F)(F)C(F)(F)F)c(C(=O)O)c2)ccc1C(F)(F)C(F)(F)F. The van der Waals surface area contributed by atoms with E-state index in [-0.39, 0.29) is 24.3 Å². The average molecular weight is 478 g/mol. The van der Waals surface area contributed by atoms with Gasteiger partial charge in [0, 0.05) is 11.1 Å². The zero-order chi connectivity index (χ0) is 24.9. The molecule has 2 rings (SSSR count). The van der Waals surface area contributed by atoms with Crippen LogP contribution in [0.5, 0.6) is 0 Å². The maximum Gasteiger partial charge on any atom is 0.458 e. The topological polar surface area (TPSA) is 74.6 Å². The second-order valence-corrected chi connectivity index (χ2v) is 6.28. The van der Waals surface area contributed by atoms with Gasteiger partial charge in [-0.2, -0.15) is 43.9 Å². The van der Waals surface area contributed by atoms with E-state index < -0.39 is 69.5 Å². The van der Waals surface area contributed by atoms with Crippen LogP contribution in [0.1, 0.15) is 31.8 Å². The van der Waals surface area contributed by atoms with Crippen molar-refractivity contribution in [2.45, 2.75) is 24.2 Å². The first-order chi connectivity index (χ1) is 14.3. The van der Waals surface area contributed by atoms with Crippen LogP contribution in [0.25, 0.3) is 11.1 Å². The fraction of sp³-hybridized carbons (Fsp3) is 0.222. The number of carboxylic acid groups (broad SMARTS) is 2. The highest BCUT2D eigenvalue weighted by molar-refractivity contribution is 5.94. The Balaban J connectivity index is 2.72. The van der Waals surface area contributed by atoms with Gasteiger partial charge in [0.15, 0.2) is 0 Å². The molecule has 0 aliphatic heterocycles. The van der Waals surface area contributed by atoms with Gasteiger partial charge in [-0.15, -0.1) is 0 Å². The van der Waals surface area contributed by atoms with E-state index in [1.54, 1.807) is 0 Å². The van der Waals surface area contributed by atoms with Crippen LogP contribution in [0.2, 0.25) is 0 Å². The van der Waals surface area contributed by atoms with Gasteiger partial charge in [0.05, 0.1) is 11.1 Å². The van der Waals surface area contributed by atoms with E-state index in [9.17, 15) is 53.5 Å². The molecule has 2 N–H and O–H groups in total. The predicted octanol–water partition coefficient (Wildman–Crippen LogP) is 6.06. The fourth-order valence-electron chi connectivity index (χ4n) is 2.65. The largest absolute Gasteiger partial charge is 0.478 e. The predicted molar refractivity (Wildman–Crippen MR) is 85.7 cm³/mol. The highest BCUT2D eigenvalue weighted by Crippen LogP contribution is 2.47. The van der Waals surface area contributed by atoms with Crippen molar-refractivity contribution in [3.8, 4) is 11.1 Å². The Hall–Kier alpha value is -3.32. The molecule has 0 saturated carbocycles. The third-order valence-corrected chi connectivity index (χ3v) is 4.22. The zero-order valence-electron chi connectivity index (χ0n) is 15.0. The van der Waals surface area contributed by atoms with Crippen LogP contribution < -0.4 is 0 Å². The lowest BCUT2D eigenvalue weighted by molar-refractivity contribution is -0.289. The summed E-state index contributed by atoms with van der Waals surface area (Å²) in [4.78, 5) is 22.5. The lowest BCUT2D eigenvalue weighted by atomic mass is 9.92. The van der Waals surface area contributed by atoms with Gasteiger partial charge in [0.2, 0.25) is 0 Å². The number of benzene rings is 2. The average Bonchev–Trinajstić information content (AvgIpc) is 2.65. The number of hydrogen-bond donors (Lipinski definition) is 2. The van der Waals surface area contributed by atoms with Crippen molar-refractivity contribution in [1.29, 1.82) is 0 Å². The number of alkyl halides is 10. The first-order valence-electron chi connectivity index (χ1n) is 7.97. The smallest absolute Gasteiger partial charge is 0.458 e. The number of halogens is 10. The van der Waals surface area contributed by atoms with Crippen molar-refractivity contribution in [3.63, 3.8) is 0 Å². The molecule has 2 aromatic rings. The van der Waals surface area contributed by atoms with Crippen molar-refractivity contribution in [2.24, 2.45) is 0 Å². The molecule has 0 saturated heterocycles. The molecule has 32 heavy (non-hydrogen) atoms. The van der Waals surface area contributed by atoms with E-state index in [0.29, 0.717) is 12.1 Å². The molecule has 0 aromatic heterocycles. The van der Waals surface area contributed by atoms with Crippen molar-refractivity contribution in [3.05, 3.63) is 58.7 Å². The van der Waals surface area contributed by atoms with Gasteiger partial charge in [0.1, 0.15) is 0 Å². The van der Waals surface area contributed by atoms with E-state index in [1.165, 1.54) is 0 Å². The van der Waals surface area contributed by atoms with E-state index in [0.717, 1.165) is 0 Å².